The van der Waals surface area contributed by atoms with Crippen molar-refractivity contribution >= 4 is 11.9 Å². The molecule has 0 unspecified atom stereocenters. The van der Waals surface area contributed by atoms with E-state index in [0.29, 0.717) is 0 Å². The third-order valence-corrected chi connectivity index (χ3v) is 1.49. The Hall–Kier alpha value is -1.38. The fourth-order valence-corrected chi connectivity index (χ4v) is 1.00. The molecule has 0 aliphatic carbocycles. The first-order valence-electron chi connectivity index (χ1n) is 3.52. The van der Waals surface area contributed by atoms with Gasteiger partial charge in [0.15, 0.2) is 0 Å². The number of aliphatic imine (C=N–C) groups is 1. The molecule has 0 fully saturated rings. The lowest BCUT2D eigenvalue weighted by Crippen LogP contribution is -1.87. The van der Waals surface area contributed by atoms with E-state index in [2.05, 4.69) is 4.99 Å². The zero-order valence-electron chi connectivity index (χ0n) is 6.25. The van der Waals surface area contributed by atoms with Crippen LogP contribution in [0.1, 0.15) is 12.8 Å². The summed E-state index contributed by atoms with van der Waals surface area (Å²) in [6, 6.07) is 0. The van der Waals surface area contributed by atoms with E-state index in [1.807, 2.05) is 0 Å². The predicted octanol–water partition coefficient (Wildman–Crippen LogP) is 1.23. The van der Waals surface area contributed by atoms with Crippen molar-refractivity contribution in [1.29, 1.82) is 5.41 Å². The quantitative estimate of drug-likeness (QED) is 0.570. The number of nitrogens with one attached hydrogen (secondary N) is 1. The first-order chi connectivity index (χ1) is 5.36. The van der Waals surface area contributed by atoms with Crippen LogP contribution in [-0.2, 0) is 0 Å². The first-order valence-corrected chi connectivity index (χ1v) is 3.52. The summed E-state index contributed by atoms with van der Waals surface area (Å²) in [4.78, 5) is 4.23. The van der Waals surface area contributed by atoms with E-state index in [4.69, 9.17) is 11.1 Å². The van der Waals surface area contributed by atoms with Crippen LogP contribution >= 0.6 is 0 Å². The highest BCUT2D eigenvalue weighted by Crippen LogP contribution is 2.16. The van der Waals surface area contributed by atoms with E-state index in [0.717, 1.165) is 24.3 Å². The molecular weight excluding hydrogens is 138 g/mol. The largest absolute Gasteiger partial charge is 0.405 e. The summed E-state index contributed by atoms with van der Waals surface area (Å²) >= 11 is 0. The minimum Gasteiger partial charge on any atom is -0.405 e. The number of rotatable bonds is 2. The van der Waals surface area contributed by atoms with Crippen molar-refractivity contribution in [3.05, 3.63) is 24.0 Å². The van der Waals surface area contributed by atoms with Gasteiger partial charge < -0.3 is 11.1 Å². The average molecular weight is 149 g/mol. The second kappa shape index (κ2) is 3.71. The van der Waals surface area contributed by atoms with Crippen LogP contribution in [0.15, 0.2) is 29.0 Å². The molecule has 0 spiro atoms. The summed E-state index contributed by atoms with van der Waals surface area (Å²) in [5, 5.41) is 6.82. The monoisotopic (exact) mass is 149 g/mol. The molecule has 0 atom stereocenters. The summed E-state index contributed by atoms with van der Waals surface area (Å²) in [6.07, 6.45) is 8.12. The van der Waals surface area contributed by atoms with Crippen molar-refractivity contribution in [3.8, 4) is 0 Å². The van der Waals surface area contributed by atoms with Gasteiger partial charge in [0.25, 0.3) is 0 Å². The fraction of sp³-hybridized carbons (Fsp3) is 0.250. The minimum absolute atomic E-state index is 0.926. The summed E-state index contributed by atoms with van der Waals surface area (Å²) in [5.74, 6) is 0. The molecule has 0 amide bonds. The maximum Gasteiger partial charge on any atom is 0.0425 e. The van der Waals surface area contributed by atoms with Gasteiger partial charge in [0, 0.05) is 17.6 Å². The smallest absolute Gasteiger partial charge is 0.0425 e. The normalized spacial score (nSPS) is 21.1. The average Bonchev–Trinajstić information content (AvgIpc) is 2.38. The molecule has 1 heterocycles. The highest BCUT2D eigenvalue weighted by atomic mass is 14.8. The Morgan fingerprint density at radius 2 is 2.27 bits per heavy atom. The van der Waals surface area contributed by atoms with Crippen LogP contribution in [0.4, 0.5) is 0 Å². The van der Waals surface area contributed by atoms with Gasteiger partial charge in [0.05, 0.1) is 0 Å². The van der Waals surface area contributed by atoms with Crippen molar-refractivity contribution < 1.29 is 0 Å². The Balaban J connectivity index is 2.68. The van der Waals surface area contributed by atoms with E-state index >= 15 is 0 Å². The predicted molar refractivity (Wildman–Crippen MR) is 46.9 cm³/mol. The molecule has 3 N–H and O–H groups in total. The van der Waals surface area contributed by atoms with Crippen LogP contribution < -0.4 is 5.73 Å². The van der Waals surface area contributed by atoms with Gasteiger partial charge in [0.1, 0.15) is 0 Å². The van der Waals surface area contributed by atoms with Crippen molar-refractivity contribution in [1.82, 2.24) is 0 Å². The van der Waals surface area contributed by atoms with Gasteiger partial charge >= 0.3 is 0 Å². The first kappa shape index (κ1) is 7.72. The third-order valence-electron chi connectivity index (χ3n) is 1.49. The van der Waals surface area contributed by atoms with E-state index in [1.54, 1.807) is 12.2 Å². The van der Waals surface area contributed by atoms with Gasteiger partial charge in [-0.25, -0.2) is 0 Å². The van der Waals surface area contributed by atoms with Crippen molar-refractivity contribution in [2.24, 2.45) is 10.7 Å². The SMILES string of the molecule is N=C/C=C1/CCC(/C=C/N)=N1. The van der Waals surface area contributed by atoms with Gasteiger partial charge in [-0.15, -0.1) is 0 Å². The van der Waals surface area contributed by atoms with Crippen LogP contribution in [0, 0.1) is 5.41 Å². The number of nitrogens with two attached hydrogens (primary N) is 1. The van der Waals surface area contributed by atoms with E-state index < -0.39 is 0 Å². The van der Waals surface area contributed by atoms with Crippen molar-refractivity contribution in [3.63, 3.8) is 0 Å². The van der Waals surface area contributed by atoms with Gasteiger partial charge in [-0.2, -0.15) is 0 Å². The molecule has 3 heteroatoms. The topological polar surface area (TPSA) is 62.2 Å². The molecule has 0 radical (unpaired) electrons. The molecule has 0 saturated heterocycles. The van der Waals surface area contributed by atoms with Gasteiger partial charge in [-0.05, 0) is 31.2 Å². The van der Waals surface area contributed by atoms with Crippen LogP contribution in [0.5, 0.6) is 0 Å². The second-order valence-electron chi connectivity index (χ2n) is 2.29. The summed E-state index contributed by atoms with van der Waals surface area (Å²) in [7, 11) is 0. The molecule has 3 nitrogen and oxygen atoms in total. The lowest BCUT2D eigenvalue weighted by molar-refractivity contribution is 1.07. The van der Waals surface area contributed by atoms with E-state index in [9.17, 15) is 0 Å². The number of hydrogen-bond donors (Lipinski definition) is 2. The molecule has 0 aromatic rings. The molecule has 0 aromatic carbocycles. The van der Waals surface area contributed by atoms with Gasteiger partial charge in [0.2, 0.25) is 0 Å². The molecule has 0 saturated carbocycles. The second-order valence-corrected chi connectivity index (χ2v) is 2.29. The third kappa shape index (κ3) is 2.04. The molecule has 1 aliphatic rings. The maximum atomic E-state index is 6.82. The number of allylic oxidation sites excluding steroid dienone is 3. The lowest BCUT2D eigenvalue weighted by Gasteiger charge is -1.83. The molecule has 58 valence electrons. The zero-order valence-corrected chi connectivity index (χ0v) is 6.25. The Morgan fingerprint density at radius 3 is 2.91 bits per heavy atom. The molecule has 0 aromatic heterocycles. The highest BCUT2D eigenvalue weighted by Gasteiger charge is 2.06. The van der Waals surface area contributed by atoms with Crippen molar-refractivity contribution in [2.75, 3.05) is 0 Å². The van der Waals surface area contributed by atoms with Crippen molar-refractivity contribution in [2.45, 2.75) is 12.8 Å². The Labute approximate surface area is 65.8 Å². The summed E-state index contributed by atoms with van der Waals surface area (Å²) in [5.41, 5.74) is 7.17. The molecule has 11 heavy (non-hydrogen) atoms. The Bertz CT molecular complexity index is 236. The van der Waals surface area contributed by atoms with E-state index in [-0.39, 0.29) is 0 Å². The number of hydrogen-bond acceptors (Lipinski definition) is 3. The van der Waals surface area contributed by atoms with Gasteiger partial charge in [-0.1, -0.05) is 0 Å². The lowest BCUT2D eigenvalue weighted by atomic mass is 10.2. The van der Waals surface area contributed by atoms with E-state index in [1.165, 1.54) is 12.4 Å². The number of nitrogens with zero attached hydrogens (tertiary/aromatic N) is 1. The summed E-state index contributed by atoms with van der Waals surface area (Å²) in [6.45, 7) is 0. The molecule has 1 aliphatic heterocycles. The van der Waals surface area contributed by atoms with Crippen LogP contribution in [0.3, 0.4) is 0 Å². The Morgan fingerprint density at radius 1 is 1.45 bits per heavy atom. The van der Waals surface area contributed by atoms with Crippen LogP contribution in [0.2, 0.25) is 0 Å². The maximum absolute atomic E-state index is 6.82. The summed E-state index contributed by atoms with van der Waals surface area (Å²) < 4.78 is 0. The van der Waals surface area contributed by atoms with Gasteiger partial charge in [-0.3, -0.25) is 4.99 Å². The zero-order chi connectivity index (χ0) is 8.10. The Kier molecular flexibility index (Phi) is 2.60. The molecule has 1 rings (SSSR count). The molecular formula is C8H11N3. The minimum atomic E-state index is 0.926. The fourth-order valence-electron chi connectivity index (χ4n) is 1.00. The van der Waals surface area contributed by atoms with Crippen LogP contribution in [-0.4, -0.2) is 11.9 Å². The highest BCUT2D eigenvalue weighted by molar-refractivity contribution is 5.97. The van der Waals surface area contributed by atoms with Crippen LogP contribution in [0.25, 0.3) is 0 Å². The standard InChI is InChI=1S/C8H11N3/c9-5-3-7-1-2-8(11-7)4-6-10/h3-6,9H,1-2,10H2/b6-4+,7-3-,9-5?. The molecule has 0 bridgehead atoms.